The third-order valence-electron chi connectivity index (χ3n) is 5.53. The molecule has 0 spiro atoms. The summed E-state index contributed by atoms with van der Waals surface area (Å²) in [4.78, 5) is 39.6. The van der Waals surface area contributed by atoms with Gasteiger partial charge in [0.2, 0.25) is 0 Å². The molecule has 7 nitrogen and oxygen atoms in total. The van der Waals surface area contributed by atoms with Crippen LogP contribution in [0.25, 0.3) is 0 Å². The summed E-state index contributed by atoms with van der Waals surface area (Å²) >= 11 is 0. The van der Waals surface area contributed by atoms with Crippen LogP contribution < -0.4 is 4.90 Å². The summed E-state index contributed by atoms with van der Waals surface area (Å²) in [5.74, 6) is -2.78. The summed E-state index contributed by atoms with van der Waals surface area (Å²) < 4.78 is 0. The van der Waals surface area contributed by atoms with Crippen LogP contribution in [-0.4, -0.2) is 111 Å². The first-order valence-electron chi connectivity index (χ1n) is 10.1. The standard InChI is InChI=1S/C23H26N2O5.2Na.2H/c1-2-24(15-18(21(26)27)13-12-16-8-4-3-5-9-16)23(30)25-19-11-7-6-10-17(19)14-20(25)22(28)29;;;;/h3-11,18,20H,2,12-15H2,1H3,(H,26,27)(H,28,29);;;;/t18-,20?;;;;/m0..../s1. The SMILES string of the molecule is CCN(C[C@H](CCc1ccccc1)C(=O)O)C(=O)N1c2ccccc2CC1C(=O)O.[NaH].[NaH]. The fourth-order valence-electron chi connectivity index (χ4n) is 3.86. The summed E-state index contributed by atoms with van der Waals surface area (Å²) in [7, 11) is 0. The molecule has 2 amide bonds. The van der Waals surface area contributed by atoms with Gasteiger partial charge in [-0.25, -0.2) is 9.59 Å². The van der Waals surface area contributed by atoms with Gasteiger partial charge in [-0.05, 0) is 37.0 Å². The Morgan fingerprint density at radius 3 is 2.25 bits per heavy atom. The summed E-state index contributed by atoms with van der Waals surface area (Å²) in [6, 6.07) is 15.3. The molecule has 2 N–H and O–H groups in total. The first-order valence-corrected chi connectivity index (χ1v) is 10.1. The predicted molar refractivity (Wildman–Crippen MR) is 127 cm³/mol. The molecule has 32 heavy (non-hydrogen) atoms. The second-order valence-corrected chi connectivity index (χ2v) is 7.44. The Hall–Kier alpha value is -1.35. The molecule has 0 aromatic heterocycles. The number of amides is 2. The van der Waals surface area contributed by atoms with Gasteiger partial charge in [-0.15, -0.1) is 0 Å². The molecular formula is C23H28N2Na2O5. The third kappa shape index (κ3) is 6.83. The Morgan fingerprint density at radius 1 is 1.03 bits per heavy atom. The van der Waals surface area contributed by atoms with E-state index >= 15 is 0 Å². The van der Waals surface area contributed by atoms with E-state index in [1.54, 1.807) is 19.1 Å². The van der Waals surface area contributed by atoms with Crippen LogP contribution in [0.1, 0.15) is 24.5 Å². The van der Waals surface area contributed by atoms with Gasteiger partial charge in [-0.2, -0.15) is 0 Å². The fraction of sp³-hybridized carbons (Fsp3) is 0.348. The van der Waals surface area contributed by atoms with Gasteiger partial charge >= 0.3 is 77.1 Å². The molecule has 0 saturated heterocycles. The molecule has 0 aliphatic carbocycles. The monoisotopic (exact) mass is 458 g/mol. The maximum absolute atomic E-state index is 13.3. The van der Waals surface area contributed by atoms with Crippen molar-refractivity contribution in [3.05, 3.63) is 65.7 Å². The number of aliphatic carboxylic acids is 2. The van der Waals surface area contributed by atoms with Crippen LogP contribution in [0.3, 0.4) is 0 Å². The van der Waals surface area contributed by atoms with Crippen LogP contribution in [0.15, 0.2) is 54.6 Å². The Labute approximate surface area is 232 Å². The molecule has 1 heterocycles. The maximum atomic E-state index is 13.3. The molecule has 2 atom stereocenters. The average Bonchev–Trinajstić information content (AvgIpc) is 3.14. The van der Waals surface area contributed by atoms with Crippen LogP contribution in [-0.2, 0) is 22.4 Å². The molecule has 9 heteroatoms. The molecule has 1 unspecified atom stereocenters. The molecule has 0 fully saturated rings. The summed E-state index contributed by atoms with van der Waals surface area (Å²) in [6.45, 7) is 2.09. The fourth-order valence-corrected chi connectivity index (χ4v) is 3.86. The van der Waals surface area contributed by atoms with E-state index in [0.29, 0.717) is 25.1 Å². The summed E-state index contributed by atoms with van der Waals surface area (Å²) in [6.07, 6.45) is 1.22. The van der Waals surface area contributed by atoms with E-state index < -0.39 is 29.9 Å². The van der Waals surface area contributed by atoms with E-state index in [-0.39, 0.29) is 72.1 Å². The van der Waals surface area contributed by atoms with Gasteiger partial charge in [0.05, 0.1) is 5.92 Å². The van der Waals surface area contributed by atoms with Crippen molar-refractivity contribution < 1.29 is 24.6 Å². The number of hydrogen-bond acceptors (Lipinski definition) is 3. The van der Waals surface area contributed by atoms with E-state index in [1.807, 2.05) is 42.5 Å². The Kier molecular flexibility index (Phi) is 12.0. The van der Waals surface area contributed by atoms with Crippen LogP contribution in [0.5, 0.6) is 0 Å². The predicted octanol–water partition coefficient (Wildman–Crippen LogP) is 1.98. The molecule has 3 rings (SSSR count). The van der Waals surface area contributed by atoms with Crippen molar-refractivity contribution >= 4 is 82.8 Å². The van der Waals surface area contributed by atoms with Crippen molar-refractivity contribution in [1.29, 1.82) is 0 Å². The first-order chi connectivity index (χ1) is 14.4. The molecule has 1 aliphatic heterocycles. The third-order valence-corrected chi connectivity index (χ3v) is 5.53. The van der Waals surface area contributed by atoms with E-state index in [0.717, 1.165) is 11.1 Å². The number of rotatable bonds is 8. The van der Waals surface area contributed by atoms with Crippen molar-refractivity contribution in [3.63, 3.8) is 0 Å². The number of urea groups is 1. The van der Waals surface area contributed by atoms with Crippen LogP contribution >= 0.6 is 0 Å². The summed E-state index contributed by atoms with van der Waals surface area (Å²) in [5.41, 5.74) is 2.41. The second-order valence-electron chi connectivity index (χ2n) is 7.44. The van der Waals surface area contributed by atoms with E-state index in [9.17, 15) is 24.6 Å². The zero-order chi connectivity index (χ0) is 21.7. The zero-order valence-electron chi connectivity index (χ0n) is 16.9. The molecule has 2 aromatic carbocycles. The molecular weight excluding hydrogens is 430 g/mol. The van der Waals surface area contributed by atoms with E-state index in [2.05, 4.69) is 0 Å². The van der Waals surface area contributed by atoms with E-state index in [1.165, 1.54) is 9.80 Å². The topological polar surface area (TPSA) is 98.2 Å². The number of carboxylic acid groups (broad SMARTS) is 2. The Morgan fingerprint density at radius 2 is 1.66 bits per heavy atom. The van der Waals surface area contributed by atoms with Crippen molar-refractivity contribution in [2.75, 3.05) is 18.0 Å². The number of nitrogens with zero attached hydrogens (tertiary/aromatic N) is 2. The van der Waals surface area contributed by atoms with Crippen LogP contribution in [0.4, 0.5) is 10.5 Å². The Balaban J connectivity index is 0.00000256. The zero-order valence-corrected chi connectivity index (χ0v) is 16.9. The molecule has 0 saturated carbocycles. The average molecular weight is 458 g/mol. The molecule has 2 aromatic rings. The van der Waals surface area contributed by atoms with Crippen molar-refractivity contribution in [2.24, 2.45) is 5.92 Å². The number of aryl methyl sites for hydroxylation is 1. The number of hydrogen-bond donors (Lipinski definition) is 2. The van der Waals surface area contributed by atoms with Crippen molar-refractivity contribution in [2.45, 2.75) is 32.2 Å². The molecule has 162 valence electrons. The number of benzene rings is 2. The van der Waals surface area contributed by atoms with Gasteiger partial charge in [0, 0.05) is 25.2 Å². The van der Waals surface area contributed by atoms with Gasteiger partial charge in [-0.3, -0.25) is 9.69 Å². The number of para-hydroxylation sites is 1. The summed E-state index contributed by atoms with van der Waals surface area (Å²) in [5, 5.41) is 19.3. The minimum atomic E-state index is -1.07. The number of fused-ring (bicyclic) bond motifs is 1. The number of anilines is 1. The quantitative estimate of drug-likeness (QED) is 0.590. The van der Waals surface area contributed by atoms with Gasteiger partial charge in [-0.1, -0.05) is 48.5 Å². The van der Waals surface area contributed by atoms with Crippen molar-refractivity contribution in [3.8, 4) is 0 Å². The minimum absolute atomic E-state index is 0. The van der Waals surface area contributed by atoms with Gasteiger partial charge in [0.15, 0.2) is 0 Å². The number of carbonyl (C=O) groups excluding carboxylic acids is 1. The van der Waals surface area contributed by atoms with Gasteiger partial charge < -0.3 is 15.1 Å². The normalized spacial score (nSPS) is 15.0. The van der Waals surface area contributed by atoms with E-state index in [4.69, 9.17) is 0 Å². The molecule has 1 aliphatic rings. The molecule has 0 radical (unpaired) electrons. The molecule has 0 bridgehead atoms. The number of carboxylic acids is 2. The van der Waals surface area contributed by atoms with Crippen LogP contribution in [0, 0.1) is 5.92 Å². The second kappa shape index (κ2) is 13.4. The number of carbonyl (C=O) groups is 3. The Bertz CT molecular complexity index is 926. The van der Waals surface area contributed by atoms with Gasteiger partial charge in [0.1, 0.15) is 6.04 Å². The first kappa shape index (κ1) is 28.7. The van der Waals surface area contributed by atoms with Gasteiger partial charge in [0.25, 0.3) is 0 Å². The van der Waals surface area contributed by atoms with Crippen LogP contribution in [0.2, 0.25) is 0 Å². The van der Waals surface area contributed by atoms with Crippen molar-refractivity contribution in [1.82, 2.24) is 4.90 Å².